The van der Waals surface area contributed by atoms with E-state index in [0.29, 0.717) is 17.1 Å². The van der Waals surface area contributed by atoms with Crippen LogP contribution in [0.1, 0.15) is 15.4 Å². The van der Waals surface area contributed by atoms with Crippen molar-refractivity contribution in [2.24, 2.45) is 0 Å². The highest BCUT2D eigenvalue weighted by Gasteiger charge is 2.20. The molecule has 3 aromatic rings. The lowest BCUT2D eigenvalue weighted by molar-refractivity contribution is 0.0789. The van der Waals surface area contributed by atoms with Crippen LogP contribution in [0.25, 0.3) is 10.1 Å². The van der Waals surface area contributed by atoms with E-state index in [-0.39, 0.29) is 5.91 Å². The summed E-state index contributed by atoms with van der Waals surface area (Å²) in [5, 5.41) is 2.82. The van der Waals surface area contributed by atoms with Crippen LogP contribution in [0.3, 0.4) is 0 Å². The lowest BCUT2D eigenvalue weighted by Crippen LogP contribution is -2.26. The Hall–Kier alpha value is -1.99. The van der Waals surface area contributed by atoms with Gasteiger partial charge in [0.05, 0.1) is 28.1 Å². The van der Waals surface area contributed by atoms with Gasteiger partial charge >= 0.3 is 0 Å². The molecule has 0 radical (unpaired) electrons. The van der Waals surface area contributed by atoms with Crippen molar-refractivity contribution in [1.29, 1.82) is 0 Å². The van der Waals surface area contributed by atoms with E-state index in [1.807, 2.05) is 11.4 Å². The first-order valence-electron chi connectivity index (χ1n) is 5.91. The summed E-state index contributed by atoms with van der Waals surface area (Å²) in [6, 6.07) is 1.83. The Morgan fingerprint density at radius 1 is 1.50 bits per heavy atom. The minimum absolute atomic E-state index is 0.0864. The molecule has 0 aromatic carbocycles. The van der Waals surface area contributed by atoms with E-state index >= 15 is 0 Å². The molecular weight excluding hydrogens is 292 g/mol. The summed E-state index contributed by atoms with van der Waals surface area (Å²) in [7, 11) is 1.75. The van der Waals surface area contributed by atoms with Gasteiger partial charge in [-0.15, -0.1) is 22.7 Å². The van der Waals surface area contributed by atoms with Crippen molar-refractivity contribution in [3.8, 4) is 0 Å². The molecule has 3 rings (SSSR count). The summed E-state index contributed by atoms with van der Waals surface area (Å²) in [6.45, 7) is 0.480. The predicted octanol–water partition coefficient (Wildman–Crippen LogP) is 2.61. The zero-order valence-corrected chi connectivity index (χ0v) is 12.4. The molecule has 0 saturated heterocycles. The van der Waals surface area contributed by atoms with Gasteiger partial charge in [0.15, 0.2) is 0 Å². The molecule has 0 bridgehead atoms. The van der Waals surface area contributed by atoms with Crippen LogP contribution in [-0.4, -0.2) is 27.8 Å². The van der Waals surface area contributed by atoms with Crippen molar-refractivity contribution in [2.75, 3.05) is 12.8 Å². The number of hydrogen-bond donors (Lipinski definition) is 1. The lowest BCUT2D eigenvalue weighted by Gasteiger charge is -2.15. The van der Waals surface area contributed by atoms with E-state index in [1.54, 1.807) is 29.9 Å². The molecule has 102 valence electrons. The van der Waals surface area contributed by atoms with Gasteiger partial charge in [-0.3, -0.25) is 9.78 Å². The topological polar surface area (TPSA) is 72.1 Å². The summed E-state index contributed by atoms with van der Waals surface area (Å²) >= 11 is 2.89. The van der Waals surface area contributed by atoms with Crippen LogP contribution in [0.4, 0.5) is 5.69 Å². The summed E-state index contributed by atoms with van der Waals surface area (Å²) in [5.41, 5.74) is 9.24. The first-order valence-corrected chi connectivity index (χ1v) is 7.67. The molecule has 0 aliphatic rings. The molecule has 0 aliphatic carbocycles. The van der Waals surface area contributed by atoms with Crippen LogP contribution < -0.4 is 5.73 Å². The zero-order valence-electron chi connectivity index (χ0n) is 10.7. The maximum absolute atomic E-state index is 12.5. The summed E-state index contributed by atoms with van der Waals surface area (Å²) in [5.74, 6) is -0.0864. The van der Waals surface area contributed by atoms with Gasteiger partial charge in [-0.1, -0.05) is 0 Å². The molecule has 3 aromatic heterocycles. The number of aromatic nitrogens is 2. The number of pyridine rings is 1. The highest BCUT2D eigenvalue weighted by molar-refractivity contribution is 7.21. The second-order valence-electron chi connectivity index (χ2n) is 4.36. The van der Waals surface area contributed by atoms with E-state index < -0.39 is 0 Å². The number of fused-ring (bicyclic) bond motifs is 1. The number of nitrogens with zero attached hydrogens (tertiary/aromatic N) is 3. The fraction of sp³-hybridized carbons (Fsp3) is 0.154. The number of thiazole rings is 1. The minimum Gasteiger partial charge on any atom is -0.397 e. The number of amides is 1. The maximum atomic E-state index is 12.5. The number of hydrogen-bond acceptors (Lipinski definition) is 6. The molecule has 20 heavy (non-hydrogen) atoms. The van der Waals surface area contributed by atoms with Gasteiger partial charge in [0.1, 0.15) is 4.88 Å². The maximum Gasteiger partial charge on any atom is 0.266 e. The van der Waals surface area contributed by atoms with Gasteiger partial charge in [-0.2, -0.15) is 0 Å². The van der Waals surface area contributed by atoms with Gasteiger partial charge in [0.2, 0.25) is 0 Å². The average Bonchev–Trinajstić information content (AvgIpc) is 3.07. The normalized spacial score (nSPS) is 10.8. The number of carbonyl (C=O) groups excluding carboxylic acids is 1. The summed E-state index contributed by atoms with van der Waals surface area (Å²) < 4.78 is 0.926. The van der Waals surface area contributed by atoms with Crippen molar-refractivity contribution in [3.05, 3.63) is 39.9 Å². The smallest absolute Gasteiger partial charge is 0.266 e. The van der Waals surface area contributed by atoms with Gasteiger partial charge in [0, 0.05) is 30.2 Å². The molecule has 0 fully saturated rings. The first-order chi connectivity index (χ1) is 9.66. The molecule has 0 spiro atoms. The van der Waals surface area contributed by atoms with Crippen molar-refractivity contribution in [3.63, 3.8) is 0 Å². The van der Waals surface area contributed by atoms with Crippen molar-refractivity contribution in [1.82, 2.24) is 14.9 Å². The molecular formula is C13H12N4OS2. The molecule has 0 atom stereocenters. The molecule has 3 heterocycles. The Balaban J connectivity index is 1.90. The van der Waals surface area contributed by atoms with Crippen molar-refractivity contribution in [2.45, 2.75) is 6.54 Å². The van der Waals surface area contributed by atoms with Gasteiger partial charge in [-0.05, 0) is 6.07 Å². The summed E-state index contributed by atoms with van der Waals surface area (Å²) in [6.07, 6.45) is 3.41. The monoisotopic (exact) mass is 304 g/mol. The van der Waals surface area contributed by atoms with E-state index in [9.17, 15) is 4.79 Å². The third-order valence-electron chi connectivity index (χ3n) is 2.95. The van der Waals surface area contributed by atoms with E-state index in [0.717, 1.165) is 15.8 Å². The largest absolute Gasteiger partial charge is 0.397 e. The Kier molecular flexibility index (Phi) is 3.37. The first kappa shape index (κ1) is 13.0. The minimum atomic E-state index is -0.0864. The van der Waals surface area contributed by atoms with Gasteiger partial charge in [0.25, 0.3) is 5.91 Å². The number of thiophene rings is 1. The molecule has 0 saturated carbocycles. The van der Waals surface area contributed by atoms with E-state index in [2.05, 4.69) is 9.97 Å². The number of carbonyl (C=O) groups is 1. The van der Waals surface area contributed by atoms with Crippen LogP contribution in [0.15, 0.2) is 29.4 Å². The van der Waals surface area contributed by atoms with Crippen LogP contribution in [0.5, 0.6) is 0 Å². The molecule has 1 amide bonds. The predicted molar refractivity (Wildman–Crippen MR) is 81.9 cm³/mol. The third kappa shape index (κ3) is 2.25. The van der Waals surface area contributed by atoms with E-state index in [4.69, 9.17) is 5.73 Å². The highest BCUT2D eigenvalue weighted by Crippen LogP contribution is 2.33. The second kappa shape index (κ2) is 5.18. The molecule has 2 N–H and O–H groups in total. The third-order valence-corrected chi connectivity index (χ3v) is 4.73. The lowest BCUT2D eigenvalue weighted by atomic mass is 10.2. The van der Waals surface area contributed by atoms with Crippen LogP contribution >= 0.6 is 22.7 Å². The van der Waals surface area contributed by atoms with Crippen LogP contribution in [0, 0.1) is 0 Å². The fourth-order valence-corrected chi connectivity index (χ4v) is 3.57. The van der Waals surface area contributed by atoms with Crippen LogP contribution in [0.2, 0.25) is 0 Å². The molecule has 0 aliphatic heterocycles. The molecule has 5 nitrogen and oxygen atoms in total. The molecule has 0 unspecified atom stereocenters. The SMILES string of the molecule is CN(Cc1cscn1)C(=O)c1sc2cnccc2c1N. The zero-order chi connectivity index (χ0) is 14.1. The summed E-state index contributed by atoms with van der Waals surface area (Å²) in [4.78, 5) is 22.9. The Bertz CT molecular complexity index is 751. The van der Waals surface area contributed by atoms with Gasteiger partial charge in [-0.25, -0.2) is 4.98 Å². The number of anilines is 1. The Morgan fingerprint density at radius 3 is 3.05 bits per heavy atom. The number of rotatable bonds is 3. The number of nitrogen functional groups attached to an aromatic ring is 1. The average molecular weight is 304 g/mol. The Morgan fingerprint density at radius 2 is 2.35 bits per heavy atom. The quantitative estimate of drug-likeness (QED) is 0.807. The second-order valence-corrected chi connectivity index (χ2v) is 6.13. The standard InChI is InChI=1S/C13H12N4OS2/c1-17(5-8-6-19-7-16-8)13(18)12-11(14)9-2-3-15-4-10(9)20-12/h2-4,6-7H,5,14H2,1H3. The Labute approximate surface area is 123 Å². The van der Waals surface area contributed by atoms with E-state index in [1.165, 1.54) is 22.7 Å². The molecule has 7 heteroatoms. The van der Waals surface area contributed by atoms with Crippen molar-refractivity contribution < 1.29 is 4.79 Å². The van der Waals surface area contributed by atoms with Crippen molar-refractivity contribution >= 4 is 44.4 Å². The van der Waals surface area contributed by atoms with Crippen LogP contribution in [-0.2, 0) is 6.54 Å². The van der Waals surface area contributed by atoms with Gasteiger partial charge < -0.3 is 10.6 Å². The highest BCUT2D eigenvalue weighted by atomic mass is 32.1. The number of nitrogens with two attached hydrogens (primary N) is 1. The fourth-order valence-electron chi connectivity index (χ4n) is 1.93.